The zero-order valence-electron chi connectivity index (χ0n) is 8.96. The van der Waals surface area contributed by atoms with Gasteiger partial charge in [-0.15, -0.1) is 0 Å². The zero-order valence-corrected chi connectivity index (χ0v) is 8.96. The Bertz CT molecular complexity index is 184. The van der Waals surface area contributed by atoms with Crippen LogP contribution in [0.1, 0.15) is 19.8 Å². The molecule has 1 aliphatic heterocycles. The molecule has 3 N–H and O–H groups in total. The highest BCUT2D eigenvalue weighted by Crippen LogP contribution is 2.15. The standard InChI is InChI=1S/C10H21N3O/c1-2-13-7-3-4-9(8-13)10(14)12-6-5-11/h9H,2-8,11H2,1H3,(H,12,14). The smallest absolute Gasteiger partial charge is 0.224 e. The Labute approximate surface area is 85.8 Å². The van der Waals surface area contributed by atoms with E-state index in [1.165, 1.54) is 0 Å². The number of carbonyl (C=O) groups excluding carboxylic acids is 1. The number of rotatable bonds is 4. The normalized spacial score (nSPS) is 23.4. The van der Waals surface area contributed by atoms with E-state index in [1.807, 2.05) is 0 Å². The number of hydrogen-bond donors (Lipinski definition) is 2. The number of piperidine rings is 1. The number of nitrogens with one attached hydrogen (secondary N) is 1. The van der Waals surface area contributed by atoms with Gasteiger partial charge in [-0.25, -0.2) is 0 Å². The van der Waals surface area contributed by atoms with Crippen molar-refractivity contribution in [3.8, 4) is 0 Å². The van der Waals surface area contributed by atoms with E-state index in [2.05, 4.69) is 17.1 Å². The molecule has 4 nitrogen and oxygen atoms in total. The molecule has 0 spiro atoms. The molecule has 0 aliphatic carbocycles. The molecule has 1 rings (SSSR count). The molecule has 0 aromatic heterocycles. The van der Waals surface area contributed by atoms with Crippen LogP contribution in [-0.2, 0) is 4.79 Å². The summed E-state index contributed by atoms with van der Waals surface area (Å²) in [5.41, 5.74) is 5.33. The van der Waals surface area contributed by atoms with Crippen LogP contribution in [0.25, 0.3) is 0 Å². The van der Waals surface area contributed by atoms with E-state index in [0.29, 0.717) is 13.1 Å². The monoisotopic (exact) mass is 199 g/mol. The highest BCUT2D eigenvalue weighted by Gasteiger charge is 2.24. The Morgan fingerprint density at radius 3 is 3.07 bits per heavy atom. The Morgan fingerprint density at radius 1 is 1.64 bits per heavy atom. The lowest BCUT2D eigenvalue weighted by Crippen LogP contribution is -2.43. The van der Waals surface area contributed by atoms with Gasteiger partial charge in [0.25, 0.3) is 0 Å². The molecule has 0 aromatic rings. The molecule has 1 heterocycles. The van der Waals surface area contributed by atoms with Crippen molar-refractivity contribution in [2.24, 2.45) is 11.7 Å². The number of nitrogens with two attached hydrogens (primary N) is 1. The quantitative estimate of drug-likeness (QED) is 0.659. The van der Waals surface area contributed by atoms with Crippen molar-refractivity contribution in [3.63, 3.8) is 0 Å². The van der Waals surface area contributed by atoms with Crippen LogP contribution in [0.2, 0.25) is 0 Å². The summed E-state index contributed by atoms with van der Waals surface area (Å²) in [6.45, 7) is 6.35. The number of hydrogen-bond acceptors (Lipinski definition) is 3. The van der Waals surface area contributed by atoms with E-state index < -0.39 is 0 Å². The van der Waals surface area contributed by atoms with E-state index in [-0.39, 0.29) is 11.8 Å². The van der Waals surface area contributed by atoms with Crippen LogP contribution in [0, 0.1) is 5.92 Å². The molecule has 0 aromatic carbocycles. The fourth-order valence-electron chi connectivity index (χ4n) is 1.90. The van der Waals surface area contributed by atoms with Gasteiger partial charge in [-0.05, 0) is 25.9 Å². The van der Waals surface area contributed by atoms with Gasteiger partial charge in [-0.3, -0.25) is 4.79 Å². The molecule has 0 bridgehead atoms. The van der Waals surface area contributed by atoms with Crippen LogP contribution in [0.3, 0.4) is 0 Å². The van der Waals surface area contributed by atoms with E-state index >= 15 is 0 Å². The van der Waals surface area contributed by atoms with E-state index in [1.54, 1.807) is 0 Å². The molecule has 4 heteroatoms. The minimum absolute atomic E-state index is 0.175. The van der Waals surface area contributed by atoms with Gasteiger partial charge in [0.1, 0.15) is 0 Å². The van der Waals surface area contributed by atoms with Gasteiger partial charge in [0.05, 0.1) is 5.92 Å². The highest BCUT2D eigenvalue weighted by molar-refractivity contribution is 5.78. The first-order chi connectivity index (χ1) is 6.77. The van der Waals surface area contributed by atoms with Crippen molar-refractivity contribution >= 4 is 5.91 Å². The lowest BCUT2D eigenvalue weighted by Gasteiger charge is -2.30. The minimum Gasteiger partial charge on any atom is -0.355 e. The van der Waals surface area contributed by atoms with Gasteiger partial charge >= 0.3 is 0 Å². The molecule has 0 saturated carbocycles. The first-order valence-corrected chi connectivity index (χ1v) is 5.48. The summed E-state index contributed by atoms with van der Waals surface area (Å²) < 4.78 is 0. The SMILES string of the molecule is CCN1CCCC(C(=O)NCCN)C1. The Morgan fingerprint density at radius 2 is 2.43 bits per heavy atom. The zero-order chi connectivity index (χ0) is 10.4. The van der Waals surface area contributed by atoms with Gasteiger partial charge in [0.15, 0.2) is 0 Å². The van der Waals surface area contributed by atoms with Gasteiger partial charge in [0.2, 0.25) is 5.91 Å². The predicted molar refractivity (Wildman–Crippen MR) is 56.9 cm³/mol. The molecule has 1 unspecified atom stereocenters. The molecule has 1 aliphatic rings. The maximum Gasteiger partial charge on any atom is 0.224 e. The van der Waals surface area contributed by atoms with Crippen molar-refractivity contribution in [2.45, 2.75) is 19.8 Å². The summed E-state index contributed by atoms with van der Waals surface area (Å²) in [5, 5.41) is 2.86. The molecule has 1 amide bonds. The van der Waals surface area contributed by atoms with Crippen LogP contribution in [0.4, 0.5) is 0 Å². The number of nitrogens with zero attached hydrogens (tertiary/aromatic N) is 1. The largest absolute Gasteiger partial charge is 0.355 e. The summed E-state index contributed by atoms with van der Waals surface area (Å²) in [7, 11) is 0. The van der Waals surface area contributed by atoms with E-state index in [4.69, 9.17) is 5.73 Å². The molecule has 0 radical (unpaired) electrons. The maximum atomic E-state index is 11.6. The van der Waals surface area contributed by atoms with Crippen molar-refractivity contribution in [1.29, 1.82) is 0 Å². The molecular formula is C10H21N3O. The number of amides is 1. The van der Waals surface area contributed by atoms with Crippen LogP contribution in [-0.4, -0.2) is 43.5 Å². The average molecular weight is 199 g/mol. The third-order valence-corrected chi connectivity index (χ3v) is 2.77. The maximum absolute atomic E-state index is 11.6. The summed E-state index contributed by atoms with van der Waals surface area (Å²) >= 11 is 0. The summed E-state index contributed by atoms with van der Waals surface area (Å²) in [6, 6.07) is 0. The molecule has 14 heavy (non-hydrogen) atoms. The fraction of sp³-hybridized carbons (Fsp3) is 0.900. The number of likely N-dealkylation sites (tertiary alicyclic amines) is 1. The van der Waals surface area contributed by atoms with Gasteiger partial charge in [-0.1, -0.05) is 6.92 Å². The van der Waals surface area contributed by atoms with Crippen LogP contribution >= 0.6 is 0 Å². The summed E-state index contributed by atoms with van der Waals surface area (Å²) in [5.74, 6) is 0.351. The van der Waals surface area contributed by atoms with Crippen molar-refractivity contribution < 1.29 is 4.79 Å². The summed E-state index contributed by atoms with van der Waals surface area (Å²) in [6.07, 6.45) is 2.15. The minimum atomic E-state index is 0.175. The van der Waals surface area contributed by atoms with Crippen molar-refractivity contribution in [1.82, 2.24) is 10.2 Å². The lowest BCUT2D eigenvalue weighted by molar-refractivity contribution is -0.126. The number of carbonyl (C=O) groups is 1. The third-order valence-electron chi connectivity index (χ3n) is 2.77. The second-order valence-corrected chi connectivity index (χ2v) is 3.81. The van der Waals surface area contributed by atoms with Gasteiger partial charge < -0.3 is 16.0 Å². The Hall–Kier alpha value is -0.610. The third kappa shape index (κ3) is 3.27. The second kappa shape index (κ2) is 5.98. The Kier molecular flexibility index (Phi) is 4.90. The average Bonchev–Trinajstić information content (AvgIpc) is 2.26. The molecule has 1 atom stereocenters. The first kappa shape index (κ1) is 11.5. The predicted octanol–water partition coefficient (Wildman–Crippen LogP) is -0.207. The van der Waals surface area contributed by atoms with Crippen LogP contribution in [0.15, 0.2) is 0 Å². The molecular weight excluding hydrogens is 178 g/mol. The van der Waals surface area contributed by atoms with Gasteiger partial charge in [0, 0.05) is 19.6 Å². The second-order valence-electron chi connectivity index (χ2n) is 3.81. The Balaban J connectivity index is 2.31. The highest BCUT2D eigenvalue weighted by atomic mass is 16.1. The topological polar surface area (TPSA) is 58.4 Å². The first-order valence-electron chi connectivity index (χ1n) is 5.48. The lowest BCUT2D eigenvalue weighted by atomic mass is 9.97. The van der Waals surface area contributed by atoms with E-state index in [0.717, 1.165) is 32.5 Å². The van der Waals surface area contributed by atoms with Crippen molar-refractivity contribution in [2.75, 3.05) is 32.7 Å². The summed E-state index contributed by atoms with van der Waals surface area (Å²) in [4.78, 5) is 14.0. The van der Waals surface area contributed by atoms with Crippen LogP contribution in [0.5, 0.6) is 0 Å². The fourth-order valence-corrected chi connectivity index (χ4v) is 1.90. The van der Waals surface area contributed by atoms with E-state index in [9.17, 15) is 4.79 Å². The molecule has 82 valence electrons. The van der Waals surface area contributed by atoms with Gasteiger partial charge in [-0.2, -0.15) is 0 Å². The molecule has 1 saturated heterocycles. The van der Waals surface area contributed by atoms with Crippen molar-refractivity contribution in [3.05, 3.63) is 0 Å². The molecule has 1 fully saturated rings. The van der Waals surface area contributed by atoms with Crippen LogP contribution < -0.4 is 11.1 Å².